The smallest absolute Gasteiger partial charge is 0.372 e. The van der Waals surface area contributed by atoms with Gasteiger partial charge in [-0.15, -0.1) is 0 Å². The first-order valence-corrected chi connectivity index (χ1v) is 11.1. The van der Waals surface area contributed by atoms with Crippen molar-refractivity contribution in [1.29, 1.82) is 0 Å². The van der Waals surface area contributed by atoms with Crippen LogP contribution in [0.25, 0.3) is 0 Å². The third kappa shape index (κ3) is 4.41. The number of aromatic nitrogens is 2. The van der Waals surface area contributed by atoms with Crippen LogP contribution in [0.2, 0.25) is 0 Å². The summed E-state index contributed by atoms with van der Waals surface area (Å²) < 4.78 is 40.2. The first kappa shape index (κ1) is 22.8. The van der Waals surface area contributed by atoms with Gasteiger partial charge in [-0.05, 0) is 30.4 Å². The molecular weight excluding hydrogens is 421 g/mol. The molecule has 1 amide bonds. The number of likely N-dealkylation sites (tertiary alicyclic amines) is 1. The monoisotopic (exact) mass is 450 g/mol. The molecule has 0 radical (unpaired) electrons. The number of H-pyrrole nitrogens is 1. The van der Waals surface area contributed by atoms with Gasteiger partial charge in [-0.1, -0.05) is 32.0 Å². The highest BCUT2D eigenvalue weighted by molar-refractivity contribution is 5.78. The number of nitrogens with zero attached hydrogens (tertiary/aromatic N) is 3. The number of hydrogen-bond donors (Lipinski definition) is 2. The third-order valence-corrected chi connectivity index (χ3v) is 6.60. The number of carbonyl (C=O) groups is 1. The summed E-state index contributed by atoms with van der Waals surface area (Å²) in [6.07, 6.45) is -3.63. The van der Waals surface area contributed by atoms with Crippen LogP contribution in [0.15, 0.2) is 24.3 Å². The summed E-state index contributed by atoms with van der Waals surface area (Å²) in [5.74, 6) is -0.236. The van der Waals surface area contributed by atoms with Crippen molar-refractivity contribution in [3.63, 3.8) is 0 Å². The fourth-order valence-corrected chi connectivity index (χ4v) is 4.82. The average molecular weight is 451 g/mol. The molecule has 32 heavy (non-hydrogen) atoms. The summed E-state index contributed by atoms with van der Waals surface area (Å²) in [5, 5.41) is 18.4. The molecule has 2 aliphatic heterocycles. The van der Waals surface area contributed by atoms with E-state index in [1.807, 2.05) is 18.7 Å². The van der Waals surface area contributed by atoms with E-state index in [4.69, 9.17) is 0 Å². The Morgan fingerprint density at radius 2 is 1.88 bits per heavy atom. The van der Waals surface area contributed by atoms with E-state index in [9.17, 15) is 23.1 Å². The maximum Gasteiger partial charge on any atom is 0.416 e. The van der Waals surface area contributed by atoms with E-state index < -0.39 is 18.0 Å². The topological polar surface area (TPSA) is 72.5 Å². The van der Waals surface area contributed by atoms with Gasteiger partial charge in [0.2, 0.25) is 5.91 Å². The minimum Gasteiger partial charge on any atom is -0.372 e. The molecule has 1 atom stereocenters. The number of alkyl halides is 3. The molecule has 1 unspecified atom stereocenters. The van der Waals surface area contributed by atoms with Crippen molar-refractivity contribution < 1.29 is 23.1 Å². The molecule has 1 aromatic heterocycles. The lowest BCUT2D eigenvalue weighted by atomic mass is 9.86. The first-order valence-electron chi connectivity index (χ1n) is 11.1. The third-order valence-electron chi connectivity index (χ3n) is 6.60. The first-order chi connectivity index (χ1) is 15.2. The molecule has 0 bridgehead atoms. The molecule has 1 saturated heterocycles. The van der Waals surface area contributed by atoms with Crippen molar-refractivity contribution in [2.75, 3.05) is 19.6 Å². The predicted molar refractivity (Wildman–Crippen MR) is 112 cm³/mol. The van der Waals surface area contributed by atoms with Crippen molar-refractivity contribution >= 4 is 5.91 Å². The summed E-state index contributed by atoms with van der Waals surface area (Å²) in [5.41, 5.74) is 2.04. The van der Waals surface area contributed by atoms with Crippen LogP contribution in [0.3, 0.4) is 0 Å². The van der Waals surface area contributed by atoms with Crippen molar-refractivity contribution in [3.05, 3.63) is 52.3 Å². The largest absolute Gasteiger partial charge is 0.416 e. The van der Waals surface area contributed by atoms with Crippen molar-refractivity contribution in [1.82, 2.24) is 20.0 Å². The zero-order valence-corrected chi connectivity index (χ0v) is 18.3. The van der Waals surface area contributed by atoms with Gasteiger partial charge in [0.15, 0.2) is 6.23 Å². The Kier molecular flexibility index (Phi) is 6.31. The van der Waals surface area contributed by atoms with E-state index in [1.165, 1.54) is 6.07 Å². The van der Waals surface area contributed by atoms with E-state index in [2.05, 4.69) is 10.2 Å². The van der Waals surface area contributed by atoms with Gasteiger partial charge in [-0.2, -0.15) is 18.3 Å². The van der Waals surface area contributed by atoms with Gasteiger partial charge in [0.25, 0.3) is 0 Å². The summed E-state index contributed by atoms with van der Waals surface area (Å²) in [7, 11) is 0. The fraction of sp³-hybridized carbons (Fsp3) is 0.565. The number of rotatable bonds is 4. The lowest BCUT2D eigenvalue weighted by Crippen LogP contribution is -2.40. The number of carbonyl (C=O) groups excluding carboxylic acids is 1. The number of nitrogens with one attached hydrogen (secondary N) is 1. The molecule has 3 heterocycles. The molecule has 2 aromatic rings. The van der Waals surface area contributed by atoms with Crippen LogP contribution < -0.4 is 0 Å². The van der Waals surface area contributed by atoms with E-state index in [0.717, 1.165) is 17.3 Å². The summed E-state index contributed by atoms with van der Waals surface area (Å²) >= 11 is 0. The Bertz CT molecular complexity index is 964. The molecule has 1 aromatic carbocycles. The van der Waals surface area contributed by atoms with E-state index in [1.54, 1.807) is 17.0 Å². The molecule has 2 aliphatic rings. The number of aliphatic hydroxyl groups is 1. The second-order valence-electron chi connectivity index (χ2n) is 9.00. The fourth-order valence-electron chi connectivity index (χ4n) is 4.82. The van der Waals surface area contributed by atoms with Gasteiger partial charge in [-0.3, -0.25) is 14.8 Å². The second kappa shape index (κ2) is 8.86. The molecule has 2 N–H and O–H groups in total. The Labute approximate surface area is 185 Å². The minimum absolute atomic E-state index is 0.0708. The molecule has 0 spiro atoms. The van der Waals surface area contributed by atoms with Gasteiger partial charge in [0.05, 0.1) is 5.56 Å². The summed E-state index contributed by atoms with van der Waals surface area (Å²) in [4.78, 5) is 16.1. The standard InChI is InChI=1S/C23H29F3N4O2/c1-14(2)21(31)30-12-9-19-17(13-30)20(28-27-19)22(32)29-10-7-15(8-11-29)16-5-3-4-6-18(16)23(24,25)26/h3-6,14-15,22,32H,7-13H2,1-2H3,(H,27,28). The number of benzene rings is 1. The molecule has 9 heteroatoms. The number of aromatic amines is 1. The van der Waals surface area contributed by atoms with Crippen molar-refractivity contribution in [3.8, 4) is 0 Å². The van der Waals surface area contributed by atoms with E-state index in [-0.39, 0.29) is 17.7 Å². The zero-order valence-electron chi connectivity index (χ0n) is 18.3. The predicted octanol–water partition coefficient (Wildman–Crippen LogP) is 3.84. The van der Waals surface area contributed by atoms with Crippen molar-refractivity contribution in [2.45, 2.75) is 58.0 Å². The molecule has 0 saturated carbocycles. The van der Waals surface area contributed by atoms with Crippen LogP contribution in [-0.2, 0) is 23.9 Å². The lowest BCUT2D eigenvalue weighted by molar-refractivity contribution is -0.138. The number of halogens is 3. The van der Waals surface area contributed by atoms with Crippen LogP contribution in [-0.4, -0.2) is 50.6 Å². The number of piperidine rings is 1. The SMILES string of the molecule is CC(C)C(=O)N1CCc2[nH]nc(C(O)N3CCC(c4ccccc4C(F)(F)F)CC3)c2C1. The molecule has 6 nitrogen and oxygen atoms in total. The molecule has 174 valence electrons. The van der Waals surface area contributed by atoms with Crippen LogP contribution >= 0.6 is 0 Å². The van der Waals surface area contributed by atoms with Gasteiger partial charge >= 0.3 is 6.18 Å². The number of fused-ring (bicyclic) bond motifs is 1. The van der Waals surface area contributed by atoms with Crippen LogP contribution in [0.4, 0.5) is 13.2 Å². The van der Waals surface area contributed by atoms with Crippen LogP contribution in [0, 0.1) is 5.92 Å². The molecule has 4 rings (SSSR count). The Hall–Kier alpha value is -2.39. The molecule has 0 aliphatic carbocycles. The molecular formula is C23H29F3N4O2. The molecule has 1 fully saturated rings. The maximum absolute atomic E-state index is 13.4. The Balaban J connectivity index is 1.45. The van der Waals surface area contributed by atoms with Crippen molar-refractivity contribution in [2.24, 2.45) is 5.92 Å². The lowest BCUT2D eigenvalue weighted by Gasteiger charge is -2.36. The zero-order chi connectivity index (χ0) is 23.0. The maximum atomic E-state index is 13.4. The summed E-state index contributed by atoms with van der Waals surface area (Å²) in [6, 6.07) is 5.76. The van der Waals surface area contributed by atoms with Gasteiger partial charge < -0.3 is 10.0 Å². The van der Waals surface area contributed by atoms with E-state index >= 15 is 0 Å². The quantitative estimate of drug-likeness (QED) is 0.743. The van der Waals surface area contributed by atoms with Gasteiger partial charge in [0, 0.05) is 49.8 Å². The average Bonchev–Trinajstić information content (AvgIpc) is 3.20. The minimum atomic E-state index is -4.37. The second-order valence-corrected chi connectivity index (χ2v) is 9.00. The highest BCUT2D eigenvalue weighted by Crippen LogP contribution is 2.39. The van der Waals surface area contributed by atoms with Crippen LogP contribution in [0.5, 0.6) is 0 Å². The number of amides is 1. The number of aliphatic hydroxyl groups excluding tert-OH is 1. The van der Waals surface area contributed by atoms with Gasteiger partial charge in [-0.25, -0.2) is 0 Å². The normalized spacial score (nSPS) is 19.3. The Morgan fingerprint density at radius 3 is 2.53 bits per heavy atom. The van der Waals surface area contributed by atoms with Crippen LogP contribution in [0.1, 0.15) is 66.9 Å². The highest BCUT2D eigenvalue weighted by atomic mass is 19.4. The Morgan fingerprint density at radius 1 is 1.19 bits per heavy atom. The summed E-state index contributed by atoms with van der Waals surface area (Å²) in [6.45, 7) is 5.69. The van der Waals surface area contributed by atoms with E-state index in [0.29, 0.717) is 56.7 Å². The number of hydrogen-bond acceptors (Lipinski definition) is 4. The highest BCUT2D eigenvalue weighted by Gasteiger charge is 2.37. The van der Waals surface area contributed by atoms with Gasteiger partial charge in [0.1, 0.15) is 5.69 Å².